The van der Waals surface area contributed by atoms with Crippen LogP contribution in [0, 0.1) is 5.41 Å². The van der Waals surface area contributed by atoms with E-state index in [1.165, 1.54) is 0 Å². The molecule has 1 aromatic rings. The molecule has 0 spiro atoms. The SMILES string of the molecule is COc1ccc(C(=O)C2(O[Si](C)(C)C)C=CC(C)(C)CC2)cc1. The summed E-state index contributed by atoms with van der Waals surface area (Å²) >= 11 is 0. The number of ketones is 1. The van der Waals surface area contributed by atoms with Gasteiger partial charge in [-0.1, -0.05) is 19.9 Å². The van der Waals surface area contributed by atoms with E-state index in [4.69, 9.17) is 9.16 Å². The van der Waals surface area contributed by atoms with Crippen LogP contribution in [0.3, 0.4) is 0 Å². The summed E-state index contributed by atoms with van der Waals surface area (Å²) < 4.78 is 11.6. The Kier molecular flexibility index (Phi) is 4.88. The smallest absolute Gasteiger partial charge is 0.197 e. The highest BCUT2D eigenvalue weighted by Gasteiger charge is 2.44. The van der Waals surface area contributed by atoms with Gasteiger partial charge in [-0.25, -0.2) is 0 Å². The highest BCUT2D eigenvalue weighted by Crippen LogP contribution is 2.40. The van der Waals surface area contributed by atoms with Crippen LogP contribution in [0.15, 0.2) is 36.4 Å². The van der Waals surface area contributed by atoms with Crippen molar-refractivity contribution in [1.29, 1.82) is 0 Å². The number of ether oxygens (including phenoxy) is 1. The van der Waals surface area contributed by atoms with E-state index in [9.17, 15) is 4.79 Å². The molecule has 2 rings (SSSR count). The molecule has 0 heterocycles. The van der Waals surface area contributed by atoms with Crippen molar-refractivity contribution in [2.45, 2.75) is 51.9 Å². The van der Waals surface area contributed by atoms with Gasteiger partial charge in [0.25, 0.3) is 0 Å². The number of methoxy groups -OCH3 is 1. The van der Waals surface area contributed by atoms with Crippen molar-refractivity contribution in [3.05, 3.63) is 42.0 Å². The van der Waals surface area contributed by atoms with Crippen LogP contribution in [-0.4, -0.2) is 26.8 Å². The second-order valence-electron chi connectivity index (χ2n) is 7.98. The van der Waals surface area contributed by atoms with Crippen LogP contribution in [0.1, 0.15) is 37.0 Å². The van der Waals surface area contributed by atoms with Crippen molar-refractivity contribution in [1.82, 2.24) is 0 Å². The van der Waals surface area contributed by atoms with E-state index >= 15 is 0 Å². The topological polar surface area (TPSA) is 35.5 Å². The van der Waals surface area contributed by atoms with Crippen molar-refractivity contribution in [3.8, 4) is 5.75 Å². The van der Waals surface area contributed by atoms with Gasteiger partial charge in [-0.05, 0) is 68.2 Å². The van der Waals surface area contributed by atoms with Crippen LogP contribution in [0.4, 0.5) is 0 Å². The lowest BCUT2D eigenvalue weighted by Gasteiger charge is -2.41. The first-order chi connectivity index (χ1) is 10.6. The molecule has 1 atom stereocenters. The molecule has 0 bridgehead atoms. The van der Waals surface area contributed by atoms with E-state index in [2.05, 4.69) is 39.6 Å². The molecule has 0 aromatic heterocycles. The van der Waals surface area contributed by atoms with Gasteiger partial charge in [0.1, 0.15) is 11.4 Å². The normalized spacial score (nSPS) is 23.6. The molecule has 0 aliphatic heterocycles. The van der Waals surface area contributed by atoms with E-state index in [0.29, 0.717) is 5.56 Å². The van der Waals surface area contributed by atoms with Crippen LogP contribution >= 0.6 is 0 Å². The molecule has 4 heteroatoms. The van der Waals surface area contributed by atoms with Gasteiger partial charge in [0.2, 0.25) is 0 Å². The average Bonchev–Trinajstić information content (AvgIpc) is 2.48. The molecule has 0 saturated heterocycles. The number of carbonyl (C=O) groups excluding carboxylic acids is 1. The minimum Gasteiger partial charge on any atom is -0.497 e. The van der Waals surface area contributed by atoms with Gasteiger partial charge in [0.05, 0.1) is 7.11 Å². The average molecular weight is 333 g/mol. The van der Waals surface area contributed by atoms with Crippen molar-refractivity contribution >= 4 is 14.1 Å². The Balaban J connectivity index is 2.39. The summed E-state index contributed by atoms with van der Waals surface area (Å²) in [6.45, 7) is 10.8. The third kappa shape index (κ3) is 4.33. The summed E-state index contributed by atoms with van der Waals surface area (Å²) in [5.74, 6) is 0.802. The lowest BCUT2D eigenvalue weighted by molar-refractivity contribution is 0.0496. The van der Waals surface area contributed by atoms with E-state index in [0.717, 1.165) is 18.6 Å². The molecule has 0 radical (unpaired) electrons. The summed E-state index contributed by atoms with van der Waals surface area (Å²) in [4.78, 5) is 13.2. The molecule has 1 aromatic carbocycles. The highest BCUT2D eigenvalue weighted by atomic mass is 28.4. The summed E-state index contributed by atoms with van der Waals surface area (Å²) in [6.07, 6.45) is 5.81. The molecule has 0 saturated carbocycles. The standard InChI is InChI=1S/C19H28O3Si/c1-18(2)11-13-19(14-12-18,22-23(4,5)6)17(20)15-7-9-16(21-3)10-8-15/h7-11,13H,12,14H2,1-6H3. The molecular weight excluding hydrogens is 304 g/mol. The van der Waals surface area contributed by atoms with Gasteiger partial charge in [0.15, 0.2) is 14.1 Å². The lowest BCUT2D eigenvalue weighted by Crippen LogP contribution is -2.49. The van der Waals surface area contributed by atoms with Crippen LogP contribution in [0.25, 0.3) is 0 Å². The zero-order valence-corrected chi connectivity index (χ0v) is 16.1. The first-order valence-electron chi connectivity index (χ1n) is 8.16. The number of hydrogen-bond acceptors (Lipinski definition) is 3. The third-order valence-corrected chi connectivity index (χ3v) is 5.15. The second kappa shape index (κ2) is 6.25. The number of carbonyl (C=O) groups is 1. The van der Waals surface area contributed by atoms with Crippen molar-refractivity contribution in [2.75, 3.05) is 7.11 Å². The molecule has 23 heavy (non-hydrogen) atoms. The van der Waals surface area contributed by atoms with Crippen LogP contribution < -0.4 is 4.74 Å². The Bertz CT molecular complexity index is 596. The monoisotopic (exact) mass is 332 g/mol. The molecule has 3 nitrogen and oxygen atoms in total. The fourth-order valence-electron chi connectivity index (χ4n) is 2.89. The van der Waals surface area contributed by atoms with Gasteiger partial charge < -0.3 is 9.16 Å². The largest absolute Gasteiger partial charge is 0.497 e. The Morgan fingerprint density at radius 2 is 1.65 bits per heavy atom. The van der Waals surface area contributed by atoms with Crippen molar-refractivity contribution in [3.63, 3.8) is 0 Å². The molecule has 0 amide bonds. The Labute approximate surface area is 140 Å². The van der Waals surface area contributed by atoms with E-state index in [1.54, 1.807) is 7.11 Å². The molecule has 0 N–H and O–H groups in total. The van der Waals surface area contributed by atoms with Gasteiger partial charge in [-0.2, -0.15) is 0 Å². The fraction of sp³-hybridized carbons (Fsp3) is 0.526. The van der Waals surface area contributed by atoms with Crippen LogP contribution in [0.5, 0.6) is 5.75 Å². The Morgan fingerprint density at radius 3 is 2.09 bits per heavy atom. The first kappa shape index (κ1) is 18.0. The summed E-state index contributed by atoms with van der Waals surface area (Å²) in [5, 5.41) is 0. The second-order valence-corrected chi connectivity index (χ2v) is 12.4. The number of rotatable bonds is 5. The highest BCUT2D eigenvalue weighted by molar-refractivity contribution is 6.70. The maximum Gasteiger partial charge on any atom is 0.197 e. The molecule has 1 aliphatic rings. The molecule has 1 unspecified atom stereocenters. The van der Waals surface area contributed by atoms with Crippen molar-refractivity contribution < 1.29 is 14.0 Å². The first-order valence-corrected chi connectivity index (χ1v) is 11.6. The predicted molar refractivity (Wildman–Crippen MR) is 96.6 cm³/mol. The molecule has 126 valence electrons. The Morgan fingerprint density at radius 1 is 1.04 bits per heavy atom. The summed E-state index contributed by atoms with van der Waals surface area (Å²) in [7, 11) is -0.250. The van der Waals surface area contributed by atoms with Gasteiger partial charge >= 0.3 is 0 Å². The maximum atomic E-state index is 13.2. The minimum atomic E-state index is -1.87. The maximum absolute atomic E-state index is 13.2. The van der Waals surface area contributed by atoms with Crippen LogP contribution in [0.2, 0.25) is 19.6 Å². The van der Waals surface area contributed by atoms with Gasteiger partial charge in [-0.3, -0.25) is 4.79 Å². The lowest BCUT2D eigenvalue weighted by atomic mass is 9.74. The van der Waals surface area contributed by atoms with Crippen molar-refractivity contribution in [2.24, 2.45) is 5.41 Å². The van der Waals surface area contributed by atoms with E-state index in [1.807, 2.05) is 30.3 Å². The van der Waals surface area contributed by atoms with Crippen LogP contribution in [-0.2, 0) is 4.43 Å². The van der Waals surface area contributed by atoms with Gasteiger partial charge in [0, 0.05) is 5.56 Å². The zero-order valence-electron chi connectivity index (χ0n) is 15.1. The van der Waals surface area contributed by atoms with E-state index < -0.39 is 13.9 Å². The zero-order chi connectivity index (χ0) is 17.3. The number of hydrogen-bond donors (Lipinski definition) is 0. The third-order valence-electron chi connectivity index (χ3n) is 4.17. The number of allylic oxidation sites excluding steroid dienone is 1. The number of Topliss-reactive ketones (excluding diaryl/α,β-unsaturated/α-hetero) is 1. The number of benzene rings is 1. The molecule has 0 fully saturated rings. The summed E-state index contributed by atoms with van der Waals surface area (Å²) in [6, 6.07) is 7.30. The Hall–Kier alpha value is -1.39. The molecular formula is C19H28O3Si. The molecule has 1 aliphatic carbocycles. The summed E-state index contributed by atoms with van der Waals surface area (Å²) in [5.41, 5.74) is -0.0328. The minimum absolute atomic E-state index is 0.0503. The quantitative estimate of drug-likeness (QED) is 0.439. The van der Waals surface area contributed by atoms with Gasteiger partial charge in [-0.15, -0.1) is 0 Å². The van der Waals surface area contributed by atoms with E-state index in [-0.39, 0.29) is 11.2 Å². The fourth-order valence-corrected chi connectivity index (χ4v) is 4.24. The predicted octanol–water partition coefficient (Wildman–Crippen LogP) is 4.84.